The molecule has 116 valence electrons. The number of aromatic nitrogens is 3. The number of nitrogens with zero attached hydrogens (tertiary/aromatic N) is 5. The fourth-order valence-corrected chi connectivity index (χ4v) is 3.57. The first-order valence-corrected chi connectivity index (χ1v) is 7.77. The lowest BCUT2D eigenvalue weighted by atomic mass is 9.77. The van der Waals surface area contributed by atoms with Crippen LogP contribution >= 0.6 is 0 Å². The summed E-state index contributed by atoms with van der Waals surface area (Å²) < 4.78 is 0. The first-order chi connectivity index (χ1) is 10.1. The highest BCUT2D eigenvalue weighted by atomic mass is 15.4. The van der Waals surface area contributed by atoms with Gasteiger partial charge in [-0.25, -0.2) is 5.84 Å². The molecule has 0 aromatic carbocycles. The summed E-state index contributed by atoms with van der Waals surface area (Å²) in [6.07, 6.45) is 8.10. The molecule has 2 fully saturated rings. The van der Waals surface area contributed by atoms with E-state index < -0.39 is 0 Å². The maximum atomic E-state index is 5.47. The van der Waals surface area contributed by atoms with Crippen molar-refractivity contribution in [2.45, 2.75) is 38.5 Å². The average molecular weight is 291 g/mol. The third kappa shape index (κ3) is 2.88. The zero-order chi connectivity index (χ0) is 14.9. The first-order valence-electron chi connectivity index (χ1n) is 7.77. The van der Waals surface area contributed by atoms with Crippen LogP contribution < -0.4 is 21.1 Å². The Hall–Kier alpha value is -1.63. The van der Waals surface area contributed by atoms with Crippen molar-refractivity contribution in [3.05, 3.63) is 0 Å². The van der Waals surface area contributed by atoms with Crippen molar-refractivity contribution in [3.63, 3.8) is 0 Å². The van der Waals surface area contributed by atoms with Crippen molar-refractivity contribution < 1.29 is 0 Å². The number of rotatable bonds is 3. The Kier molecular flexibility index (Phi) is 3.84. The third-order valence-corrected chi connectivity index (χ3v) is 4.91. The number of piperidine rings is 1. The van der Waals surface area contributed by atoms with Gasteiger partial charge in [-0.3, -0.25) is 5.43 Å². The van der Waals surface area contributed by atoms with Crippen LogP contribution in [0, 0.1) is 5.41 Å². The van der Waals surface area contributed by atoms with Gasteiger partial charge in [0.15, 0.2) is 0 Å². The van der Waals surface area contributed by atoms with Crippen molar-refractivity contribution in [1.29, 1.82) is 0 Å². The van der Waals surface area contributed by atoms with E-state index in [-0.39, 0.29) is 0 Å². The van der Waals surface area contributed by atoms with E-state index in [1.54, 1.807) is 0 Å². The number of nitrogens with one attached hydrogen (secondary N) is 1. The molecule has 1 saturated carbocycles. The number of hydrogen-bond donors (Lipinski definition) is 2. The van der Waals surface area contributed by atoms with Crippen LogP contribution in [-0.2, 0) is 0 Å². The minimum atomic E-state index is 0.421. The van der Waals surface area contributed by atoms with Crippen LogP contribution in [0.4, 0.5) is 17.8 Å². The first kappa shape index (κ1) is 14.3. The summed E-state index contributed by atoms with van der Waals surface area (Å²) in [5.74, 6) is 7.26. The summed E-state index contributed by atoms with van der Waals surface area (Å²) in [6.45, 7) is 2.06. The van der Waals surface area contributed by atoms with Crippen LogP contribution in [0.1, 0.15) is 38.5 Å². The number of hydrogen-bond acceptors (Lipinski definition) is 7. The number of nitrogens with two attached hydrogens (primary N) is 1. The molecule has 7 heteroatoms. The molecule has 3 N–H and O–H groups in total. The number of nitrogen functional groups attached to an aromatic ring is 1. The van der Waals surface area contributed by atoms with Crippen LogP contribution in [0.3, 0.4) is 0 Å². The second kappa shape index (κ2) is 5.63. The van der Waals surface area contributed by atoms with Crippen molar-refractivity contribution in [2.24, 2.45) is 11.3 Å². The molecule has 7 nitrogen and oxygen atoms in total. The normalized spacial score (nSPS) is 20.8. The van der Waals surface area contributed by atoms with E-state index in [0.29, 0.717) is 17.3 Å². The van der Waals surface area contributed by atoms with E-state index in [2.05, 4.69) is 25.3 Å². The molecule has 1 saturated heterocycles. The molecule has 1 aliphatic heterocycles. The van der Waals surface area contributed by atoms with E-state index in [9.17, 15) is 0 Å². The smallest absolute Gasteiger partial charge is 0.243 e. The molecule has 0 radical (unpaired) electrons. The zero-order valence-electron chi connectivity index (χ0n) is 13.0. The van der Waals surface area contributed by atoms with Crippen molar-refractivity contribution in [2.75, 3.05) is 42.4 Å². The predicted molar refractivity (Wildman–Crippen MR) is 84.3 cm³/mol. The van der Waals surface area contributed by atoms with Gasteiger partial charge in [0.2, 0.25) is 17.8 Å². The summed E-state index contributed by atoms with van der Waals surface area (Å²) >= 11 is 0. The van der Waals surface area contributed by atoms with Gasteiger partial charge in [-0.15, -0.1) is 0 Å². The topological polar surface area (TPSA) is 83.2 Å². The molecule has 1 aromatic heterocycles. The Bertz CT molecular complexity index is 486. The standard InChI is InChI=1S/C14H25N7/c1-20(2)12-16-11(19-15)17-13(18-12)21-9-7-14(8-10-21)5-3-4-6-14/h3-10,15H2,1-2H3,(H,16,17,18,19). The van der Waals surface area contributed by atoms with E-state index in [4.69, 9.17) is 5.84 Å². The van der Waals surface area contributed by atoms with Gasteiger partial charge in [-0.05, 0) is 31.1 Å². The fraction of sp³-hybridized carbons (Fsp3) is 0.786. The largest absolute Gasteiger partial charge is 0.347 e. The summed E-state index contributed by atoms with van der Waals surface area (Å²) in [5.41, 5.74) is 3.13. The van der Waals surface area contributed by atoms with Crippen LogP contribution in [0.25, 0.3) is 0 Å². The molecule has 0 amide bonds. The summed E-state index contributed by atoms with van der Waals surface area (Å²) in [6, 6.07) is 0. The molecule has 3 rings (SSSR count). The van der Waals surface area contributed by atoms with Gasteiger partial charge in [-0.1, -0.05) is 12.8 Å². The highest BCUT2D eigenvalue weighted by Crippen LogP contribution is 2.46. The van der Waals surface area contributed by atoms with Gasteiger partial charge in [0, 0.05) is 27.2 Å². The average Bonchev–Trinajstić information content (AvgIpc) is 2.95. The highest BCUT2D eigenvalue weighted by molar-refractivity contribution is 5.44. The molecule has 0 atom stereocenters. The molecule has 1 aliphatic carbocycles. The third-order valence-electron chi connectivity index (χ3n) is 4.91. The van der Waals surface area contributed by atoms with Crippen LogP contribution in [0.5, 0.6) is 0 Å². The van der Waals surface area contributed by atoms with E-state index in [1.165, 1.54) is 38.5 Å². The van der Waals surface area contributed by atoms with Crippen LogP contribution in [-0.4, -0.2) is 42.1 Å². The number of anilines is 3. The van der Waals surface area contributed by atoms with Gasteiger partial charge in [0.05, 0.1) is 0 Å². The lowest BCUT2D eigenvalue weighted by Gasteiger charge is -2.39. The van der Waals surface area contributed by atoms with Gasteiger partial charge >= 0.3 is 0 Å². The molecule has 2 heterocycles. The molecule has 21 heavy (non-hydrogen) atoms. The minimum Gasteiger partial charge on any atom is -0.347 e. The maximum Gasteiger partial charge on any atom is 0.243 e. The van der Waals surface area contributed by atoms with Gasteiger partial charge in [0.25, 0.3) is 0 Å². The molecule has 1 aromatic rings. The Balaban J connectivity index is 1.76. The van der Waals surface area contributed by atoms with Gasteiger partial charge in [-0.2, -0.15) is 15.0 Å². The monoisotopic (exact) mass is 291 g/mol. The Labute approximate surface area is 125 Å². The van der Waals surface area contributed by atoms with E-state index in [1.807, 2.05) is 19.0 Å². The molecule has 0 unspecified atom stereocenters. The van der Waals surface area contributed by atoms with E-state index >= 15 is 0 Å². The quantitative estimate of drug-likeness (QED) is 0.643. The van der Waals surface area contributed by atoms with E-state index in [0.717, 1.165) is 19.0 Å². The minimum absolute atomic E-state index is 0.421. The zero-order valence-corrected chi connectivity index (χ0v) is 13.0. The Morgan fingerprint density at radius 1 is 1.05 bits per heavy atom. The van der Waals surface area contributed by atoms with Crippen LogP contribution in [0.2, 0.25) is 0 Å². The molecule has 1 spiro atoms. The highest BCUT2D eigenvalue weighted by Gasteiger charge is 2.37. The number of hydrazine groups is 1. The van der Waals surface area contributed by atoms with Crippen LogP contribution in [0.15, 0.2) is 0 Å². The lowest BCUT2D eigenvalue weighted by molar-refractivity contribution is 0.225. The molecule has 2 aliphatic rings. The van der Waals surface area contributed by atoms with Crippen molar-refractivity contribution in [3.8, 4) is 0 Å². The lowest BCUT2D eigenvalue weighted by Crippen LogP contribution is -2.40. The molecular formula is C14H25N7. The Morgan fingerprint density at radius 2 is 1.71 bits per heavy atom. The van der Waals surface area contributed by atoms with Crippen molar-refractivity contribution >= 4 is 17.8 Å². The van der Waals surface area contributed by atoms with Gasteiger partial charge in [0.1, 0.15) is 0 Å². The molecular weight excluding hydrogens is 266 g/mol. The maximum absolute atomic E-state index is 5.47. The summed E-state index contributed by atoms with van der Waals surface area (Å²) in [5, 5.41) is 0. The second-order valence-corrected chi connectivity index (χ2v) is 6.49. The Morgan fingerprint density at radius 3 is 2.29 bits per heavy atom. The molecule has 0 bridgehead atoms. The SMILES string of the molecule is CN(C)c1nc(NN)nc(N2CCC3(CCCC3)CC2)n1. The summed E-state index contributed by atoms with van der Waals surface area (Å²) in [7, 11) is 3.84. The van der Waals surface area contributed by atoms with Crippen molar-refractivity contribution in [1.82, 2.24) is 15.0 Å². The second-order valence-electron chi connectivity index (χ2n) is 6.49. The van der Waals surface area contributed by atoms with Gasteiger partial charge < -0.3 is 9.80 Å². The predicted octanol–water partition coefficient (Wildman–Crippen LogP) is 1.38. The summed E-state index contributed by atoms with van der Waals surface area (Å²) in [4.78, 5) is 17.4. The fourth-order valence-electron chi connectivity index (χ4n) is 3.57.